The summed E-state index contributed by atoms with van der Waals surface area (Å²) in [5.41, 5.74) is -1.56. The molecule has 2 rings (SSSR count). The number of aliphatic imine (C=N–C) groups is 1. The minimum Gasteiger partial charge on any atom is -0.388 e. The minimum absolute atomic E-state index is 0.0940. The summed E-state index contributed by atoms with van der Waals surface area (Å²) >= 11 is 0. The maximum Gasteiger partial charge on any atom is 0.322 e. The molecule has 0 aromatic carbocycles. The predicted molar refractivity (Wildman–Crippen MR) is 96.3 cm³/mol. The lowest BCUT2D eigenvalue weighted by molar-refractivity contribution is -0.125. The van der Waals surface area contributed by atoms with Gasteiger partial charge in [-0.25, -0.2) is 4.79 Å². The van der Waals surface area contributed by atoms with Crippen molar-refractivity contribution in [2.45, 2.75) is 57.6 Å². The number of piperidine rings is 1. The van der Waals surface area contributed by atoms with Gasteiger partial charge in [0.15, 0.2) is 5.96 Å². The molecule has 2 aliphatic rings. The molecule has 0 radical (unpaired) electrons. The van der Waals surface area contributed by atoms with Crippen LogP contribution in [-0.2, 0) is 4.79 Å². The molecule has 0 spiro atoms. The Balaban J connectivity index is 1.92. The quantitative estimate of drug-likeness (QED) is 0.326. The number of carbonyl (C=O) groups excluding carboxylic acids is 2. The van der Waals surface area contributed by atoms with Crippen LogP contribution < -0.4 is 16.0 Å². The monoisotopic (exact) mass is 353 g/mol. The largest absolute Gasteiger partial charge is 0.388 e. The standard InChI is InChI=1S/C17H31N5O3/c1-5-17(25,6-2)11-19-14(18-4)22-9-7-12(8-10-22)16(3)13(23)20-15(24)21-16/h12,25H,5-11H2,1-4H3,(H,18,19)(H2,20,21,23,24). The molecular formula is C17H31N5O3. The van der Waals surface area contributed by atoms with Crippen LogP contribution in [0.5, 0.6) is 0 Å². The number of hydrogen-bond donors (Lipinski definition) is 4. The van der Waals surface area contributed by atoms with Crippen LogP contribution >= 0.6 is 0 Å². The fourth-order valence-corrected chi connectivity index (χ4v) is 3.59. The number of carbonyl (C=O) groups is 2. The van der Waals surface area contributed by atoms with Crippen LogP contribution in [0.25, 0.3) is 0 Å². The maximum absolute atomic E-state index is 12.1. The van der Waals surface area contributed by atoms with Crippen molar-refractivity contribution >= 4 is 17.9 Å². The Kier molecular flexibility index (Phi) is 5.92. The summed E-state index contributed by atoms with van der Waals surface area (Å²) in [6.45, 7) is 7.70. The molecule has 8 nitrogen and oxygen atoms in total. The predicted octanol–water partition coefficient (Wildman–Crippen LogP) is 0.423. The number of nitrogens with zero attached hydrogens (tertiary/aromatic N) is 2. The van der Waals surface area contributed by atoms with E-state index in [-0.39, 0.29) is 11.8 Å². The summed E-state index contributed by atoms with van der Waals surface area (Å²) < 4.78 is 0. The lowest BCUT2D eigenvalue weighted by Crippen LogP contribution is -2.56. The van der Waals surface area contributed by atoms with Crippen molar-refractivity contribution in [1.82, 2.24) is 20.9 Å². The third kappa shape index (κ3) is 4.05. The highest BCUT2D eigenvalue weighted by molar-refractivity contribution is 6.07. The molecule has 2 aliphatic heterocycles. The topological polar surface area (TPSA) is 106 Å². The molecule has 1 atom stereocenters. The van der Waals surface area contributed by atoms with Crippen LogP contribution in [0.1, 0.15) is 46.5 Å². The number of hydrogen-bond acceptors (Lipinski definition) is 4. The lowest BCUT2D eigenvalue weighted by Gasteiger charge is -2.40. The first-order valence-electron chi connectivity index (χ1n) is 9.09. The molecule has 8 heteroatoms. The van der Waals surface area contributed by atoms with E-state index in [0.717, 1.165) is 31.9 Å². The van der Waals surface area contributed by atoms with Gasteiger partial charge in [-0.1, -0.05) is 13.8 Å². The van der Waals surface area contributed by atoms with Crippen LogP contribution in [0.3, 0.4) is 0 Å². The first-order chi connectivity index (χ1) is 11.8. The molecule has 25 heavy (non-hydrogen) atoms. The van der Waals surface area contributed by atoms with E-state index in [9.17, 15) is 14.7 Å². The molecule has 2 fully saturated rings. The first-order valence-corrected chi connectivity index (χ1v) is 9.09. The Morgan fingerprint density at radius 1 is 1.36 bits per heavy atom. The van der Waals surface area contributed by atoms with Crippen molar-refractivity contribution in [3.05, 3.63) is 0 Å². The smallest absolute Gasteiger partial charge is 0.322 e. The van der Waals surface area contributed by atoms with Gasteiger partial charge in [0, 0.05) is 26.7 Å². The Morgan fingerprint density at radius 2 is 1.96 bits per heavy atom. The molecule has 0 saturated carbocycles. The van der Waals surface area contributed by atoms with Gasteiger partial charge in [-0.3, -0.25) is 15.1 Å². The average molecular weight is 353 g/mol. The first kappa shape index (κ1) is 19.5. The highest BCUT2D eigenvalue weighted by atomic mass is 16.3. The van der Waals surface area contributed by atoms with Crippen LogP contribution in [0.4, 0.5) is 4.79 Å². The van der Waals surface area contributed by atoms with Gasteiger partial charge < -0.3 is 20.6 Å². The number of likely N-dealkylation sites (tertiary alicyclic amines) is 1. The number of imide groups is 1. The van der Waals surface area contributed by atoms with Gasteiger partial charge in [0.25, 0.3) is 5.91 Å². The molecule has 0 bridgehead atoms. The summed E-state index contributed by atoms with van der Waals surface area (Å²) in [7, 11) is 1.73. The second-order valence-electron chi connectivity index (χ2n) is 7.20. The molecule has 1 unspecified atom stereocenters. The fraction of sp³-hybridized carbons (Fsp3) is 0.824. The van der Waals surface area contributed by atoms with E-state index in [4.69, 9.17) is 0 Å². The number of rotatable bonds is 5. The second kappa shape index (κ2) is 7.59. The van der Waals surface area contributed by atoms with Gasteiger partial charge in [-0.05, 0) is 38.5 Å². The van der Waals surface area contributed by atoms with E-state index in [2.05, 4.69) is 25.8 Å². The zero-order valence-corrected chi connectivity index (χ0v) is 15.7. The molecule has 2 saturated heterocycles. The van der Waals surface area contributed by atoms with Gasteiger partial charge in [-0.15, -0.1) is 0 Å². The third-order valence-electron chi connectivity index (χ3n) is 5.79. The van der Waals surface area contributed by atoms with E-state index >= 15 is 0 Å². The fourth-order valence-electron chi connectivity index (χ4n) is 3.59. The van der Waals surface area contributed by atoms with Crippen molar-refractivity contribution < 1.29 is 14.7 Å². The van der Waals surface area contributed by atoms with Gasteiger partial charge in [0.2, 0.25) is 0 Å². The van der Waals surface area contributed by atoms with Crippen LogP contribution in [0.15, 0.2) is 4.99 Å². The van der Waals surface area contributed by atoms with E-state index in [0.29, 0.717) is 19.4 Å². The normalized spacial score (nSPS) is 25.8. The third-order valence-corrected chi connectivity index (χ3v) is 5.79. The summed E-state index contributed by atoms with van der Waals surface area (Å²) in [5, 5.41) is 18.8. The number of amides is 3. The van der Waals surface area contributed by atoms with E-state index in [1.165, 1.54) is 0 Å². The number of guanidine groups is 1. The Bertz CT molecular complexity index is 538. The van der Waals surface area contributed by atoms with Crippen molar-refractivity contribution in [2.24, 2.45) is 10.9 Å². The molecule has 0 aliphatic carbocycles. The van der Waals surface area contributed by atoms with Crippen LogP contribution in [0, 0.1) is 5.92 Å². The van der Waals surface area contributed by atoms with Crippen LogP contribution in [-0.4, -0.2) is 65.7 Å². The molecule has 3 amide bonds. The summed E-state index contributed by atoms with van der Waals surface area (Å²) in [5.74, 6) is 0.620. The number of urea groups is 1. The average Bonchev–Trinajstić information content (AvgIpc) is 2.88. The maximum atomic E-state index is 12.1. The summed E-state index contributed by atoms with van der Waals surface area (Å²) in [6.07, 6.45) is 2.94. The number of aliphatic hydroxyl groups is 1. The van der Waals surface area contributed by atoms with Gasteiger partial charge in [-0.2, -0.15) is 0 Å². The van der Waals surface area contributed by atoms with E-state index in [1.807, 2.05) is 13.8 Å². The Hall–Kier alpha value is -1.83. The molecule has 142 valence electrons. The molecular weight excluding hydrogens is 322 g/mol. The second-order valence-corrected chi connectivity index (χ2v) is 7.20. The summed E-state index contributed by atoms with van der Waals surface area (Å²) in [6, 6.07) is -0.411. The lowest BCUT2D eigenvalue weighted by atomic mass is 9.79. The Labute approximate surface area is 149 Å². The zero-order valence-electron chi connectivity index (χ0n) is 15.7. The summed E-state index contributed by atoms with van der Waals surface area (Å²) in [4.78, 5) is 30.0. The SMILES string of the molecule is CCC(O)(CC)CNC(=NC)N1CCC(C2(C)NC(=O)NC2=O)CC1. The van der Waals surface area contributed by atoms with Gasteiger partial charge in [0.1, 0.15) is 5.54 Å². The van der Waals surface area contributed by atoms with E-state index < -0.39 is 17.2 Å². The van der Waals surface area contributed by atoms with Crippen molar-refractivity contribution in [1.29, 1.82) is 0 Å². The van der Waals surface area contributed by atoms with Crippen molar-refractivity contribution in [3.63, 3.8) is 0 Å². The minimum atomic E-state index is -0.829. The van der Waals surface area contributed by atoms with Gasteiger partial charge in [0.05, 0.1) is 5.60 Å². The van der Waals surface area contributed by atoms with E-state index in [1.54, 1.807) is 14.0 Å². The zero-order chi connectivity index (χ0) is 18.7. The van der Waals surface area contributed by atoms with Crippen molar-refractivity contribution in [2.75, 3.05) is 26.7 Å². The van der Waals surface area contributed by atoms with Crippen molar-refractivity contribution in [3.8, 4) is 0 Å². The van der Waals surface area contributed by atoms with Crippen LogP contribution in [0.2, 0.25) is 0 Å². The molecule has 0 aromatic heterocycles. The number of nitrogens with one attached hydrogen (secondary N) is 3. The highest BCUT2D eigenvalue weighted by Gasteiger charge is 2.48. The van der Waals surface area contributed by atoms with Gasteiger partial charge >= 0.3 is 6.03 Å². The Morgan fingerprint density at radius 3 is 2.40 bits per heavy atom. The molecule has 4 N–H and O–H groups in total. The molecule has 2 heterocycles. The molecule has 0 aromatic rings. The highest BCUT2D eigenvalue weighted by Crippen LogP contribution is 2.30.